The fraction of sp³-hybridized carbons (Fsp3) is 0.0741. The number of rotatable bonds is 2. The first-order chi connectivity index (χ1) is 31.3. The van der Waals surface area contributed by atoms with Crippen LogP contribution in [-0.4, -0.2) is 0 Å². The van der Waals surface area contributed by atoms with Gasteiger partial charge in [-0.15, -0.1) is 0 Å². The fourth-order valence-corrected chi connectivity index (χ4v) is 10.5. The van der Waals surface area contributed by atoms with Crippen LogP contribution in [-0.2, 0) is 24.7 Å². The summed E-state index contributed by atoms with van der Waals surface area (Å²) in [6, 6.07) is 34.6. The zero-order valence-electron chi connectivity index (χ0n) is 33.4. The molecule has 12 aromatic rings. The fourth-order valence-electron chi connectivity index (χ4n) is 10.5. The molecule has 12 heteroatoms. The van der Waals surface area contributed by atoms with Gasteiger partial charge >= 0.3 is 24.7 Å². The second kappa shape index (κ2) is 13.1. The number of fused-ring (bicyclic) bond motifs is 11. The van der Waals surface area contributed by atoms with Crippen LogP contribution in [0.1, 0.15) is 22.3 Å². The smallest absolute Gasteiger partial charge is 0.166 e. The highest BCUT2D eigenvalue weighted by Crippen LogP contribution is 2.56. The van der Waals surface area contributed by atoms with Gasteiger partial charge in [0.2, 0.25) is 0 Å². The van der Waals surface area contributed by atoms with Gasteiger partial charge in [0.05, 0.1) is 22.3 Å². The quantitative estimate of drug-likeness (QED) is 0.120. The lowest BCUT2D eigenvalue weighted by Crippen LogP contribution is -2.11. The van der Waals surface area contributed by atoms with Gasteiger partial charge in [0.15, 0.2) is 0 Å². The van der Waals surface area contributed by atoms with Crippen LogP contribution in [0.2, 0.25) is 0 Å². The predicted molar refractivity (Wildman–Crippen MR) is 237 cm³/mol. The van der Waals surface area contributed by atoms with Crippen molar-refractivity contribution in [1.82, 2.24) is 0 Å². The lowest BCUT2D eigenvalue weighted by molar-refractivity contribution is -0.144. The number of hydrogen-bond acceptors (Lipinski definition) is 0. The normalized spacial score (nSPS) is 13.5. The molecule has 0 unspecified atom stereocenters. The van der Waals surface area contributed by atoms with Crippen molar-refractivity contribution in [3.05, 3.63) is 168 Å². The van der Waals surface area contributed by atoms with E-state index >= 15 is 0 Å². The van der Waals surface area contributed by atoms with E-state index in [1.54, 1.807) is 54.6 Å². The van der Waals surface area contributed by atoms with Crippen molar-refractivity contribution in [3.63, 3.8) is 0 Å². The summed E-state index contributed by atoms with van der Waals surface area (Å²) in [6.07, 6.45) is -21.1. The molecule has 0 aliphatic carbocycles. The average Bonchev–Trinajstić information content (AvgIpc) is 3.76. The van der Waals surface area contributed by atoms with Gasteiger partial charge in [-0.3, -0.25) is 0 Å². The van der Waals surface area contributed by atoms with Crippen molar-refractivity contribution in [2.45, 2.75) is 24.7 Å². The minimum absolute atomic E-state index is 0.0173. The van der Waals surface area contributed by atoms with E-state index in [-0.39, 0.29) is 44.8 Å². The molecule has 0 aliphatic rings. The Bertz CT molecular complexity index is 3970. The van der Waals surface area contributed by atoms with E-state index in [0.717, 1.165) is 21.5 Å². The molecule has 66 heavy (non-hydrogen) atoms. The first kappa shape index (κ1) is 40.2. The zero-order valence-corrected chi connectivity index (χ0v) is 33.4. The summed E-state index contributed by atoms with van der Waals surface area (Å²) in [5, 5.41) is 8.95. The molecule has 0 saturated carbocycles. The highest BCUT2D eigenvalue weighted by atomic mass is 19.4. The molecule has 0 amide bonds. The second-order valence-corrected chi connectivity index (χ2v) is 16.8. The molecule has 0 aliphatic heterocycles. The molecule has 0 N–H and O–H groups in total. The summed E-state index contributed by atoms with van der Waals surface area (Å²) >= 11 is 0. The topological polar surface area (TPSA) is 0 Å². The summed E-state index contributed by atoms with van der Waals surface area (Å²) in [5.41, 5.74) is -7.62. The predicted octanol–water partition coefficient (Wildman–Crippen LogP) is 18.4. The van der Waals surface area contributed by atoms with Crippen molar-refractivity contribution in [2.75, 3.05) is 0 Å². The van der Waals surface area contributed by atoms with Gasteiger partial charge in [-0.05, 0) is 180 Å². The van der Waals surface area contributed by atoms with Gasteiger partial charge in [0.1, 0.15) is 0 Å². The molecule has 0 bridgehead atoms. The second-order valence-electron chi connectivity index (χ2n) is 16.8. The molecule has 0 radical (unpaired) electrons. The molecule has 0 heterocycles. The third-order valence-corrected chi connectivity index (χ3v) is 13.1. The van der Waals surface area contributed by atoms with E-state index in [0.29, 0.717) is 78.1 Å². The third kappa shape index (κ3) is 5.75. The van der Waals surface area contributed by atoms with Crippen LogP contribution >= 0.6 is 0 Å². The number of hydrogen-bond donors (Lipinski definition) is 0. The Morgan fingerprint density at radius 2 is 0.561 bits per heavy atom. The van der Waals surface area contributed by atoms with Crippen LogP contribution in [0.3, 0.4) is 0 Å². The molecule has 324 valence electrons. The van der Waals surface area contributed by atoms with Crippen LogP contribution in [0, 0.1) is 0 Å². The van der Waals surface area contributed by atoms with Crippen LogP contribution in [0.4, 0.5) is 52.7 Å². The SMILES string of the molecule is FC(F)(F)c1cc(-c2c3cc4c(cc3c(-c3cc(C(F)(F)F)cc(C(F)(F)F)c3)c3c5cc6ccccc6c6cccc(c23)c65)c2cc3ccccc3c3cccc4c32)cc(C(F)(F)F)c1. The van der Waals surface area contributed by atoms with Gasteiger partial charge < -0.3 is 0 Å². The minimum atomic E-state index is -5.26. The van der Waals surface area contributed by atoms with Crippen molar-refractivity contribution >= 4 is 97.0 Å². The first-order valence-electron chi connectivity index (χ1n) is 20.4. The summed E-state index contributed by atoms with van der Waals surface area (Å²) in [5.74, 6) is 0. The zero-order chi connectivity index (χ0) is 46.0. The monoisotopic (exact) mass is 900 g/mol. The van der Waals surface area contributed by atoms with Gasteiger partial charge in [-0.2, -0.15) is 52.7 Å². The molecule has 0 aromatic heterocycles. The van der Waals surface area contributed by atoms with Crippen LogP contribution in [0.25, 0.3) is 119 Å². The highest BCUT2D eigenvalue weighted by molar-refractivity contribution is 6.44. The van der Waals surface area contributed by atoms with Crippen molar-refractivity contribution in [3.8, 4) is 22.3 Å². The summed E-state index contributed by atoms with van der Waals surface area (Å²) in [6.45, 7) is 0. The van der Waals surface area contributed by atoms with Crippen LogP contribution < -0.4 is 0 Å². The van der Waals surface area contributed by atoms with Gasteiger partial charge in [-0.25, -0.2) is 0 Å². The van der Waals surface area contributed by atoms with Crippen molar-refractivity contribution < 1.29 is 52.7 Å². The Hall–Kier alpha value is -7.34. The van der Waals surface area contributed by atoms with E-state index in [1.165, 1.54) is 0 Å². The van der Waals surface area contributed by atoms with E-state index in [1.807, 2.05) is 54.6 Å². The average molecular weight is 901 g/mol. The molecule has 12 rings (SSSR count). The highest BCUT2D eigenvalue weighted by Gasteiger charge is 2.40. The first-order valence-corrected chi connectivity index (χ1v) is 20.4. The number of benzene rings is 10. The van der Waals surface area contributed by atoms with Gasteiger partial charge in [-0.1, -0.05) is 84.9 Å². The Morgan fingerprint density at radius 1 is 0.227 bits per heavy atom. The lowest BCUT2D eigenvalue weighted by Gasteiger charge is -2.21. The lowest BCUT2D eigenvalue weighted by atomic mass is 9.84. The maximum absolute atomic E-state index is 14.8. The molecule has 0 saturated heterocycles. The summed E-state index contributed by atoms with van der Waals surface area (Å²) in [7, 11) is 0. The van der Waals surface area contributed by atoms with Crippen LogP contribution in [0.15, 0.2) is 146 Å². The van der Waals surface area contributed by atoms with Crippen LogP contribution in [0.5, 0.6) is 0 Å². The van der Waals surface area contributed by atoms with Crippen molar-refractivity contribution in [1.29, 1.82) is 0 Å². The molecule has 0 nitrogen and oxygen atoms in total. The number of alkyl halides is 12. The van der Waals surface area contributed by atoms with E-state index < -0.39 is 58.1 Å². The van der Waals surface area contributed by atoms with E-state index in [2.05, 4.69) is 0 Å². The third-order valence-electron chi connectivity index (χ3n) is 13.1. The molecular formula is C54H24F12. The van der Waals surface area contributed by atoms with Gasteiger partial charge in [0, 0.05) is 0 Å². The molecular weight excluding hydrogens is 877 g/mol. The standard InChI is InChI=1S/C54H24F12/c55-51(56,57)29-15-27(16-30(21-29)52(58,59)60)45-42-23-39-37-13-5-11-35-33-9-3-1-7-25(33)19-41(47(35)37)40(39)24-43(42)46(28-17-31(53(61,62)63)22-32(18-28)54(64,65)66)50-44-20-26-8-2-4-10-34(26)36-12-6-14-38(48(36)44)49(45)50/h1-24H. The molecule has 12 aromatic carbocycles. The Kier molecular flexibility index (Phi) is 8.01. The van der Waals surface area contributed by atoms with Crippen molar-refractivity contribution in [2.24, 2.45) is 0 Å². The summed E-state index contributed by atoms with van der Waals surface area (Å²) in [4.78, 5) is 0. The van der Waals surface area contributed by atoms with Gasteiger partial charge in [0.25, 0.3) is 0 Å². The Morgan fingerprint density at radius 3 is 1.00 bits per heavy atom. The molecule has 0 spiro atoms. The Balaban J connectivity index is 1.41. The van der Waals surface area contributed by atoms with E-state index in [9.17, 15) is 52.7 Å². The largest absolute Gasteiger partial charge is 0.416 e. The maximum atomic E-state index is 14.8. The minimum Gasteiger partial charge on any atom is -0.166 e. The maximum Gasteiger partial charge on any atom is 0.416 e. The number of halogens is 12. The molecule has 0 fully saturated rings. The van der Waals surface area contributed by atoms with E-state index in [4.69, 9.17) is 0 Å². The Labute approximate surface area is 363 Å². The summed E-state index contributed by atoms with van der Waals surface area (Å²) < 4.78 is 177. The molecule has 0 atom stereocenters.